The summed E-state index contributed by atoms with van der Waals surface area (Å²) < 4.78 is 67.6. The molecule has 4 aromatic carbocycles. The molecule has 0 saturated heterocycles. The third kappa shape index (κ3) is 13.7. The van der Waals surface area contributed by atoms with Crippen molar-refractivity contribution in [2.75, 3.05) is 16.4 Å². The molecule has 0 amide bonds. The summed E-state index contributed by atoms with van der Waals surface area (Å²) in [7, 11) is 0. The quantitative estimate of drug-likeness (QED) is 0.0479. The number of nitro benzene ring substituents is 2. The summed E-state index contributed by atoms with van der Waals surface area (Å²) in [6.07, 6.45) is 0. The number of fused-ring (bicyclic) bond motifs is 1. The smallest absolute Gasteiger partial charge is 0.307 e. The highest BCUT2D eigenvalue weighted by molar-refractivity contribution is 9.11. The molecular weight excluding hydrogens is 997 g/mol. The third-order valence-corrected chi connectivity index (χ3v) is 9.26. The number of nitrogen functional groups attached to an aromatic ring is 1. The SMILES string of the molecule is CC(C)Nc1cc(Br)c(F)cc1N.CC(C)Nc1cc(Br)c(F)cc1[N+](=O)[O-].Cc1nc2cc(F)c(Br)cc2n1C(C)C.O=[N+]([O-])c1cc(F)c(Br)cc1F. The Morgan fingerprint density at radius 1 is 0.636 bits per heavy atom. The summed E-state index contributed by atoms with van der Waals surface area (Å²) in [5, 5.41) is 26.7. The largest absolute Gasteiger partial charge is 0.397 e. The number of nitro groups is 2. The summed E-state index contributed by atoms with van der Waals surface area (Å²) >= 11 is 12.0. The molecule has 0 aliphatic rings. The zero-order chi connectivity index (χ0) is 42.1. The van der Waals surface area contributed by atoms with E-state index in [1.54, 1.807) is 12.1 Å². The normalized spacial score (nSPS) is 10.7. The number of aromatic nitrogens is 2. The van der Waals surface area contributed by atoms with E-state index in [0.717, 1.165) is 23.1 Å². The fourth-order valence-corrected chi connectivity index (χ4v) is 5.96. The number of rotatable bonds is 7. The Bertz CT molecular complexity index is 2170. The van der Waals surface area contributed by atoms with E-state index >= 15 is 0 Å². The summed E-state index contributed by atoms with van der Waals surface area (Å²) in [4.78, 5) is 23.5. The van der Waals surface area contributed by atoms with Crippen LogP contribution in [0.15, 0.2) is 66.4 Å². The van der Waals surface area contributed by atoms with E-state index in [9.17, 15) is 42.2 Å². The van der Waals surface area contributed by atoms with Crippen molar-refractivity contribution < 1.29 is 31.8 Å². The maximum Gasteiger partial charge on any atom is 0.307 e. The number of benzene rings is 4. The Labute approximate surface area is 347 Å². The summed E-state index contributed by atoms with van der Waals surface area (Å²) in [6, 6.07) is 10.3. The number of anilines is 3. The molecule has 0 aliphatic heterocycles. The Morgan fingerprint density at radius 2 is 1.05 bits per heavy atom. The van der Waals surface area contributed by atoms with E-state index in [1.165, 1.54) is 18.2 Å². The monoisotopic (exact) mass is 1030 g/mol. The van der Waals surface area contributed by atoms with E-state index < -0.39 is 33.0 Å². The molecule has 5 rings (SSSR count). The average Bonchev–Trinajstić information content (AvgIpc) is 3.38. The predicted molar refractivity (Wildman–Crippen MR) is 220 cm³/mol. The van der Waals surface area contributed by atoms with Crippen LogP contribution < -0.4 is 16.4 Å². The number of aryl methyl sites for hydroxylation is 1. The minimum Gasteiger partial charge on any atom is -0.397 e. The van der Waals surface area contributed by atoms with Crippen LogP contribution in [0, 0.1) is 56.2 Å². The predicted octanol–water partition coefficient (Wildman–Crippen LogP) is 12.8. The molecule has 20 heteroatoms. The lowest BCUT2D eigenvalue weighted by Gasteiger charge is -2.12. The Hall–Kier alpha value is -3.88. The second-order valence-corrected chi connectivity index (χ2v) is 15.8. The fraction of sp³-hybridized carbons (Fsp3) is 0.286. The van der Waals surface area contributed by atoms with Gasteiger partial charge in [-0.05, 0) is 136 Å². The molecule has 1 heterocycles. The van der Waals surface area contributed by atoms with Crippen molar-refractivity contribution in [3.8, 4) is 0 Å². The molecule has 1 aromatic heterocycles. The molecular formula is C35H36Br4F5N7O4. The van der Waals surface area contributed by atoms with Crippen LogP contribution in [0.2, 0.25) is 0 Å². The first-order valence-corrected chi connectivity index (χ1v) is 19.2. The number of halogens is 9. The molecule has 55 heavy (non-hydrogen) atoms. The van der Waals surface area contributed by atoms with Gasteiger partial charge in [-0.25, -0.2) is 22.5 Å². The molecule has 0 aliphatic carbocycles. The first-order chi connectivity index (χ1) is 25.4. The average molecular weight is 1030 g/mol. The molecule has 0 bridgehead atoms. The summed E-state index contributed by atoms with van der Waals surface area (Å²) in [6.45, 7) is 13.8. The zero-order valence-electron chi connectivity index (χ0n) is 30.3. The molecule has 0 fully saturated rings. The van der Waals surface area contributed by atoms with Crippen molar-refractivity contribution >= 4 is 103 Å². The maximum atomic E-state index is 13.3. The Balaban J connectivity index is 0.000000255. The van der Waals surface area contributed by atoms with Crippen LogP contribution in [0.5, 0.6) is 0 Å². The van der Waals surface area contributed by atoms with Gasteiger partial charge in [-0.15, -0.1) is 0 Å². The zero-order valence-corrected chi connectivity index (χ0v) is 36.6. The van der Waals surface area contributed by atoms with Crippen molar-refractivity contribution in [1.29, 1.82) is 0 Å². The van der Waals surface area contributed by atoms with Crippen molar-refractivity contribution in [1.82, 2.24) is 9.55 Å². The summed E-state index contributed by atoms with van der Waals surface area (Å²) in [5.74, 6) is -2.26. The topological polar surface area (TPSA) is 154 Å². The van der Waals surface area contributed by atoms with Crippen LogP contribution in [0.3, 0.4) is 0 Å². The van der Waals surface area contributed by atoms with Crippen LogP contribution in [0.4, 0.5) is 50.4 Å². The lowest BCUT2D eigenvalue weighted by atomic mass is 10.2. The molecule has 0 atom stereocenters. The standard InChI is InChI=1S/C11H12BrFN2.C9H10BrFN2O2.C9H12BrFN2.C6H2BrF2NO2/c1-6(2)15-7(3)14-10-5-9(13)8(12)4-11(10)15;1-5(2)12-8-3-6(10)7(11)4-9(8)13(14)15;1-5(2)13-9-3-6(10)7(11)4-8(9)12;7-3-1-5(9)6(10(11)12)2-4(3)8/h4-6H,1-3H3;3-5,12H,1-2H3;3-5,13H,12H2,1-2H3;1-2H. The van der Waals surface area contributed by atoms with Gasteiger partial charge >= 0.3 is 5.69 Å². The molecule has 4 N–H and O–H groups in total. The van der Waals surface area contributed by atoms with Gasteiger partial charge in [0.2, 0.25) is 5.82 Å². The van der Waals surface area contributed by atoms with Crippen molar-refractivity contribution in [3.05, 3.63) is 122 Å². The number of imidazole rings is 1. The minimum absolute atomic E-state index is 0.0426. The highest BCUT2D eigenvalue weighted by Crippen LogP contribution is 2.31. The van der Waals surface area contributed by atoms with Gasteiger partial charge in [-0.1, -0.05) is 0 Å². The maximum absolute atomic E-state index is 13.3. The number of nitrogens with zero attached hydrogens (tertiary/aromatic N) is 4. The molecule has 11 nitrogen and oxygen atoms in total. The fourth-order valence-electron chi connectivity index (χ4n) is 4.63. The minimum atomic E-state index is -1.06. The molecule has 0 unspecified atom stereocenters. The van der Waals surface area contributed by atoms with Crippen LogP contribution in [0.25, 0.3) is 11.0 Å². The Morgan fingerprint density at radius 3 is 1.55 bits per heavy atom. The second kappa shape index (κ2) is 20.9. The molecule has 5 aromatic rings. The van der Waals surface area contributed by atoms with Crippen LogP contribution in [-0.2, 0) is 0 Å². The van der Waals surface area contributed by atoms with E-state index in [4.69, 9.17) is 5.73 Å². The first-order valence-electron chi connectivity index (χ1n) is 16.0. The van der Waals surface area contributed by atoms with Crippen molar-refractivity contribution in [2.45, 2.75) is 66.6 Å². The highest BCUT2D eigenvalue weighted by atomic mass is 79.9. The van der Waals surface area contributed by atoms with Gasteiger partial charge in [0.15, 0.2) is 0 Å². The van der Waals surface area contributed by atoms with Gasteiger partial charge in [-0.3, -0.25) is 20.2 Å². The van der Waals surface area contributed by atoms with Crippen molar-refractivity contribution in [3.63, 3.8) is 0 Å². The van der Waals surface area contributed by atoms with Gasteiger partial charge in [-0.2, -0.15) is 4.39 Å². The van der Waals surface area contributed by atoms with Crippen LogP contribution >= 0.6 is 63.7 Å². The highest BCUT2D eigenvalue weighted by Gasteiger charge is 2.19. The van der Waals surface area contributed by atoms with Gasteiger partial charge in [0.1, 0.15) is 34.8 Å². The van der Waals surface area contributed by atoms with E-state index in [1.807, 2.05) is 34.6 Å². The van der Waals surface area contributed by atoms with E-state index in [2.05, 4.69) is 97.8 Å². The number of nitrogens with one attached hydrogen (secondary N) is 2. The Kier molecular flexibility index (Phi) is 17.9. The van der Waals surface area contributed by atoms with Gasteiger partial charge < -0.3 is 20.9 Å². The van der Waals surface area contributed by atoms with Gasteiger partial charge in [0.25, 0.3) is 5.69 Å². The molecule has 298 valence electrons. The van der Waals surface area contributed by atoms with E-state index in [-0.39, 0.29) is 38.4 Å². The van der Waals surface area contributed by atoms with Crippen molar-refractivity contribution in [2.24, 2.45) is 0 Å². The van der Waals surface area contributed by atoms with E-state index in [0.29, 0.717) is 44.0 Å². The molecule has 0 spiro atoms. The number of hydrogen-bond acceptors (Lipinski definition) is 8. The lowest BCUT2D eigenvalue weighted by Crippen LogP contribution is -2.11. The van der Waals surface area contributed by atoms with Crippen LogP contribution in [-0.4, -0.2) is 31.5 Å². The molecule has 0 saturated carbocycles. The first kappa shape index (κ1) is 47.3. The summed E-state index contributed by atoms with van der Waals surface area (Å²) in [5.41, 5.74) is 7.66. The molecule has 0 radical (unpaired) electrons. The second-order valence-electron chi connectivity index (χ2n) is 12.3. The number of nitrogens with two attached hydrogens (primary N) is 1. The third-order valence-electron chi connectivity index (χ3n) is 6.83. The van der Waals surface area contributed by atoms with Gasteiger partial charge in [0.05, 0.1) is 62.3 Å². The van der Waals surface area contributed by atoms with Crippen LogP contribution in [0.1, 0.15) is 53.4 Å². The lowest BCUT2D eigenvalue weighted by molar-refractivity contribution is -0.387. The van der Waals surface area contributed by atoms with Gasteiger partial charge in [0, 0.05) is 30.3 Å². The number of hydrogen-bond donors (Lipinski definition) is 3.